The summed E-state index contributed by atoms with van der Waals surface area (Å²) in [4.78, 5) is 16.0. The van der Waals surface area contributed by atoms with Gasteiger partial charge in [0.2, 0.25) is 5.91 Å². The predicted molar refractivity (Wildman–Crippen MR) is 103 cm³/mol. The van der Waals surface area contributed by atoms with Crippen molar-refractivity contribution in [3.05, 3.63) is 96.1 Å². The Morgan fingerprint density at radius 1 is 1.15 bits per heavy atom. The molecule has 0 aliphatic rings. The number of hydrogen-bond donors (Lipinski definition) is 1. The van der Waals surface area contributed by atoms with Crippen molar-refractivity contribution in [3.8, 4) is 11.5 Å². The first-order valence-electron chi connectivity index (χ1n) is 8.53. The average Bonchev–Trinajstić information content (AvgIpc) is 2.70. The summed E-state index contributed by atoms with van der Waals surface area (Å²) in [5.41, 5.74) is 1.58. The number of aromatic nitrogens is 1. The molecular weight excluding hydrogens is 343 g/mol. The quantitative estimate of drug-likeness (QED) is 0.634. The van der Waals surface area contributed by atoms with E-state index < -0.39 is 5.82 Å². The van der Waals surface area contributed by atoms with Crippen molar-refractivity contribution in [2.75, 3.05) is 0 Å². The van der Waals surface area contributed by atoms with Gasteiger partial charge in [0.15, 0.2) is 11.6 Å². The Hall–Kier alpha value is -3.47. The molecule has 0 radical (unpaired) electrons. The lowest BCUT2D eigenvalue weighted by molar-refractivity contribution is -0.117. The van der Waals surface area contributed by atoms with Crippen LogP contribution in [0.15, 0.2) is 79.1 Å². The molecule has 0 saturated heterocycles. The van der Waals surface area contributed by atoms with Gasteiger partial charge in [-0.1, -0.05) is 36.4 Å². The number of carbonyl (C=O) groups is 1. The normalized spacial score (nSPS) is 11.9. The maximum atomic E-state index is 14.2. The molecule has 136 valence electrons. The van der Waals surface area contributed by atoms with Gasteiger partial charge in [-0.15, -0.1) is 0 Å². The van der Waals surface area contributed by atoms with Gasteiger partial charge in [0.05, 0.1) is 12.2 Å². The Morgan fingerprint density at radius 3 is 2.67 bits per heavy atom. The highest BCUT2D eigenvalue weighted by molar-refractivity contribution is 5.92. The molecule has 1 atom stereocenters. The summed E-state index contributed by atoms with van der Waals surface area (Å²) in [6.07, 6.45) is 6.06. The van der Waals surface area contributed by atoms with Gasteiger partial charge in [-0.25, -0.2) is 4.39 Å². The van der Waals surface area contributed by atoms with Crippen LogP contribution in [0, 0.1) is 5.82 Å². The second-order valence-electron chi connectivity index (χ2n) is 5.95. The van der Waals surface area contributed by atoms with Crippen LogP contribution in [-0.4, -0.2) is 10.9 Å². The van der Waals surface area contributed by atoms with E-state index in [2.05, 4.69) is 10.3 Å². The first-order valence-corrected chi connectivity index (χ1v) is 8.53. The van der Waals surface area contributed by atoms with Crippen molar-refractivity contribution >= 4 is 12.0 Å². The van der Waals surface area contributed by atoms with Crippen molar-refractivity contribution in [1.29, 1.82) is 0 Å². The second-order valence-corrected chi connectivity index (χ2v) is 5.95. The number of nitrogens with one attached hydrogen (secondary N) is 1. The van der Waals surface area contributed by atoms with Crippen LogP contribution in [0.5, 0.6) is 11.5 Å². The van der Waals surface area contributed by atoms with Crippen LogP contribution in [0.3, 0.4) is 0 Å². The number of rotatable bonds is 6. The fraction of sp³-hybridized carbons (Fsp3) is 0.0909. The van der Waals surface area contributed by atoms with Crippen LogP contribution in [0.1, 0.15) is 24.1 Å². The molecule has 0 spiro atoms. The molecule has 0 saturated carbocycles. The average molecular weight is 362 g/mol. The van der Waals surface area contributed by atoms with Gasteiger partial charge in [-0.2, -0.15) is 0 Å². The molecule has 1 N–H and O–H groups in total. The standard InChI is InChI=1S/C22H19FN2O2/c1-16(18-6-3-2-4-7-18)25-22(26)12-10-17-9-11-21(20(23)14-17)27-19-8-5-13-24-15-19/h2-16H,1H3,(H,25,26)/b12-10+. The lowest BCUT2D eigenvalue weighted by Crippen LogP contribution is -2.24. The van der Waals surface area contributed by atoms with E-state index in [4.69, 9.17) is 4.74 Å². The number of ether oxygens (including phenoxy) is 1. The number of hydrogen-bond acceptors (Lipinski definition) is 3. The monoisotopic (exact) mass is 362 g/mol. The predicted octanol–water partition coefficient (Wildman–Crippen LogP) is 4.90. The minimum Gasteiger partial charge on any atom is -0.453 e. The minimum atomic E-state index is -0.515. The van der Waals surface area contributed by atoms with E-state index >= 15 is 0 Å². The van der Waals surface area contributed by atoms with Crippen LogP contribution in [0.25, 0.3) is 6.08 Å². The molecule has 2 aromatic carbocycles. The number of halogens is 1. The fourth-order valence-corrected chi connectivity index (χ4v) is 2.50. The van der Waals surface area contributed by atoms with Gasteiger partial charge in [0.25, 0.3) is 0 Å². The molecule has 1 amide bonds. The molecular formula is C22H19FN2O2. The van der Waals surface area contributed by atoms with Crippen LogP contribution in [0.4, 0.5) is 4.39 Å². The summed E-state index contributed by atoms with van der Waals surface area (Å²) >= 11 is 0. The zero-order valence-electron chi connectivity index (χ0n) is 14.8. The molecule has 0 aliphatic heterocycles. The molecule has 1 aromatic heterocycles. The zero-order chi connectivity index (χ0) is 19.1. The molecule has 1 heterocycles. The van der Waals surface area contributed by atoms with Gasteiger partial charge >= 0.3 is 0 Å². The van der Waals surface area contributed by atoms with Crippen molar-refractivity contribution in [2.24, 2.45) is 0 Å². The zero-order valence-corrected chi connectivity index (χ0v) is 14.8. The van der Waals surface area contributed by atoms with E-state index in [-0.39, 0.29) is 17.7 Å². The Balaban J connectivity index is 1.61. The molecule has 0 aliphatic carbocycles. The molecule has 27 heavy (non-hydrogen) atoms. The van der Waals surface area contributed by atoms with Crippen molar-refractivity contribution in [2.45, 2.75) is 13.0 Å². The molecule has 3 aromatic rings. The van der Waals surface area contributed by atoms with E-state index in [9.17, 15) is 9.18 Å². The van der Waals surface area contributed by atoms with Crippen LogP contribution in [-0.2, 0) is 4.79 Å². The Kier molecular flexibility index (Phi) is 5.94. The molecule has 1 unspecified atom stereocenters. The topological polar surface area (TPSA) is 51.2 Å². The first-order chi connectivity index (χ1) is 13.1. The molecule has 0 bridgehead atoms. The smallest absolute Gasteiger partial charge is 0.244 e. The third-order valence-corrected chi connectivity index (χ3v) is 3.90. The van der Waals surface area contributed by atoms with Gasteiger partial charge in [0.1, 0.15) is 5.75 Å². The van der Waals surface area contributed by atoms with E-state index in [1.807, 2.05) is 37.3 Å². The first kappa shape index (κ1) is 18.3. The summed E-state index contributed by atoms with van der Waals surface area (Å²) in [6.45, 7) is 1.91. The van der Waals surface area contributed by atoms with E-state index in [0.29, 0.717) is 11.3 Å². The Morgan fingerprint density at radius 2 is 1.96 bits per heavy atom. The van der Waals surface area contributed by atoms with Crippen LogP contribution < -0.4 is 10.1 Å². The Labute approximate surface area is 157 Å². The maximum Gasteiger partial charge on any atom is 0.244 e. The largest absolute Gasteiger partial charge is 0.453 e. The summed E-state index contributed by atoms with van der Waals surface area (Å²) in [5, 5.41) is 2.87. The van der Waals surface area contributed by atoms with Gasteiger partial charge in [0, 0.05) is 12.3 Å². The Bertz CT molecular complexity index is 928. The maximum absolute atomic E-state index is 14.2. The third-order valence-electron chi connectivity index (χ3n) is 3.90. The summed E-state index contributed by atoms with van der Waals surface area (Å²) in [7, 11) is 0. The molecule has 0 fully saturated rings. The number of carbonyl (C=O) groups excluding carboxylic acids is 1. The third kappa shape index (κ3) is 5.25. The SMILES string of the molecule is CC(NC(=O)/C=C/c1ccc(Oc2cccnc2)c(F)c1)c1ccccc1. The van der Waals surface area contributed by atoms with Crippen LogP contribution in [0.2, 0.25) is 0 Å². The second kappa shape index (κ2) is 8.76. The van der Waals surface area contributed by atoms with Gasteiger partial charge in [-0.3, -0.25) is 9.78 Å². The summed E-state index contributed by atoms with van der Waals surface area (Å²) in [6, 6.07) is 17.5. The van der Waals surface area contributed by atoms with Gasteiger partial charge < -0.3 is 10.1 Å². The number of benzene rings is 2. The minimum absolute atomic E-state index is 0.0994. The van der Waals surface area contributed by atoms with E-state index in [1.165, 1.54) is 24.4 Å². The molecule has 3 rings (SSSR count). The van der Waals surface area contributed by atoms with E-state index in [1.54, 1.807) is 30.5 Å². The highest BCUT2D eigenvalue weighted by Crippen LogP contribution is 2.24. The number of pyridine rings is 1. The molecule has 4 nitrogen and oxygen atoms in total. The van der Waals surface area contributed by atoms with Gasteiger partial charge in [-0.05, 0) is 48.4 Å². The summed E-state index contributed by atoms with van der Waals surface area (Å²) < 4.78 is 19.7. The van der Waals surface area contributed by atoms with Crippen LogP contribution >= 0.6 is 0 Å². The lowest BCUT2D eigenvalue weighted by atomic mass is 10.1. The number of nitrogens with zero attached hydrogens (tertiary/aromatic N) is 1. The lowest BCUT2D eigenvalue weighted by Gasteiger charge is -2.12. The number of amides is 1. The molecule has 5 heteroatoms. The highest BCUT2D eigenvalue weighted by atomic mass is 19.1. The van der Waals surface area contributed by atoms with E-state index in [0.717, 1.165) is 5.56 Å². The van der Waals surface area contributed by atoms with Crippen molar-refractivity contribution in [3.63, 3.8) is 0 Å². The fourth-order valence-electron chi connectivity index (χ4n) is 2.50. The van der Waals surface area contributed by atoms with Crippen molar-refractivity contribution in [1.82, 2.24) is 10.3 Å². The van der Waals surface area contributed by atoms with Crippen molar-refractivity contribution < 1.29 is 13.9 Å². The highest BCUT2D eigenvalue weighted by Gasteiger charge is 2.08. The summed E-state index contributed by atoms with van der Waals surface area (Å²) in [5.74, 6) is -0.210.